The number of para-hydroxylation sites is 2. The average Bonchev–Trinajstić information content (AvgIpc) is 3.18. The van der Waals surface area contributed by atoms with Gasteiger partial charge in [0.1, 0.15) is 12.2 Å². The van der Waals surface area contributed by atoms with Gasteiger partial charge in [0.15, 0.2) is 17.5 Å². The lowest BCUT2D eigenvalue weighted by atomic mass is 10.2. The SMILES string of the molecule is CN=C(NCC(C)Oc1ccccc1OC)NCC(O)c1cc2ccccc2s1.I. The van der Waals surface area contributed by atoms with Crippen LogP contribution in [0.3, 0.4) is 0 Å². The molecule has 0 saturated carbocycles. The first kappa shape index (κ1) is 24.2. The summed E-state index contributed by atoms with van der Waals surface area (Å²) >= 11 is 1.61. The molecule has 0 spiro atoms. The molecule has 2 aromatic carbocycles. The van der Waals surface area contributed by atoms with Gasteiger partial charge < -0.3 is 25.2 Å². The Labute approximate surface area is 198 Å². The molecule has 0 saturated heterocycles. The highest BCUT2D eigenvalue weighted by molar-refractivity contribution is 14.0. The molecular formula is C22H28IN3O3S. The van der Waals surface area contributed by atoms with Crippen LogP contribution in [0.4, 0.5) is 0 Å². The zero-order chi connectivity index (χ0) is 20.6. The summed E-state index contributed by atoms with van der Waals surface area (Å²) < 4.78 is 12.4. The molecule has 0 aliphatic rings. The average molecular weight is 541 g/mol. The van der Waals surface area contributed by atoms with E-state index in [2.05, 4.69) is 27.8 Å². The number of benzene rings is 2. The Morgan fingerprint density at radius 1 is 1.07 bits per heavy atom. The van der Waals surface area contributed by atoms with Crippen molar-refractivity contribution in [3.05, 3.63) is 59.5 Å². The van der Waals surface area contributed by atoms with E-state index in [4.69, 9.17) is 9.47 Å². The van der Waals surface area contributed by atoms with Crippen LogP contribution in [0.5, 0.6) is 11.5 Å². The number of fused-ring (bicyclic) bond motifs is 1. The maximum Gasteiger partial charge on any atom is 0.191 e. The third-order valence-electron chi connectivity index (χ3n) is 4.41. The van der Waals surface area contributed by atoms with E-state index in [1.165, 1.54) is 4.70 Å². The van der Waals surface area contributed by atoms with Gasteiger partial charge in [0.25, 0.3) is 0 Å². The van der Waals surface area contributed by atoms with Crippen LogP contribution >= 0.6 is 35.3 Å². The Bertz CT molecular complexity index is 930. The van der Waals surface area contributed by atoms with Crippen LogP contribution in [0.15, 0.2) is 59.6 Å². The highest BCUT2D eigenvalue weighted by Crippen LogP contribution is 2.29. The molecule has 3 aromatic rings. The molecule has 6 nitrogen and oxygen atoms in total. The molecule has 0 aliphatic heterocycles. The van der Waals surface area contributed by atoms with Crippen LogP contribution in [0.1, 0.15) is 17.9 Å². The van der Waals surface area contributed by atoms with E-state index in [0.29, 0.717) is 30.5 Å². The number of hydrogen-bond acceptors (Lipinski definition) is 5. The first-order valence-corrected chi connectivity index (χ1v) is 10.3. The van der Waals surface area contributed by atoms with Crippen molar-refractivity contribution >= 4 is 51.4 Å². The summed E-state index contributed by atoms with van der Waals surface area (Å²) in [6.07, 6.45) is -0.703. The third-order valence-corrected chi connectivity index (χ3v) is 5.63. The summed E-state index contributed by atoms with van der Waals surface area (Å²) in [5.74, 6) is 2.02. The first-order chi connectivity index (χ1) is 14.1. The van der Waals surface area contributed by atoms with E-state index in [-0.39, 0.29) is 30.1 Å². The van der Waals surface area contributed by atoms with Gasteiger partial charge in [-0.15, -0.1) is 35.3 Å². The number of ether oxygens (including phenoxy) is 2. The van der Waals surface area contributed by atoms with E-state index < -0.39 is 6.10 Å². The molecule has 3 rings (SSSR count). The van der Waals surface area contributed by atoms with Crippen LogP contribution in [0.2, 0.25) is 0 Å². The van der Waals surface area contributed by atoms with Gasteiger partial charge in [-0.25, -0.2) is 0 Å². The van der Waals surface area contributed by atoms with Crippen molar-refractivity contribution in [2.45, 2.75) is 19.1 Å². The maximum atomic E-state index is 10.5. The first-order valence-electron chi connectivity index (χ1n) is 9.51. The molecule has 3 N–H and O–H groups in total. The minimum absolute atomic E-state index is 0. The zero-order valence-corrected chi connectivity index (χ0v) is 20.4. The molecule has 0 aliphatic carbocycles. The molecule has 162 valence electrons. The highest BCUT2D eigenvalue weighted by Gasteiger charge is 2.13. The highest BCUT2D eigenvalue weighted by atomic mass is 127. The molecule has 0 radical (unpaired) electrons. The van der Waals surface area contributed by atoms with Crippen LogP contribution < -0.4 is 20.1 Å². The van der Waals surface area contributed by atoms with Crippen molar-refractivity contribution < 1.29 is 14.6 Å². The quantitative estimate of drug-likeness (QED) is 0.227. The molecule has 30 heavy (non-hydrogen) atoms. The number of methoxy groups -OCH3 is 1. The van der Waals surface area contributed by atoms with Gasteiger partial charge in [0.05, 0.1) is 13.7 Å². The Balaban J connectivity index is 0.00000320. The molecule has 1 heterocycles. The van der Waals surface area contributed by atoms with Crippen molar-refractivity contribution in [3.63, 3.8) is 0 Å². The predicted octanol–water partition coefficient (Wildman–Crippen LogP) is 4.19. The van der Waals surface area contributed by atoms with Crippen molar-refractivity contribution in [2.24, 2.45) is 4.99 Å². The van der Waals surface area contributed by atoms with Gasteiger partial charge in [-0.1, -0.05) is 30.3 Å². The monoisotopic (exact) mass is 541 g/mol. The Morgan fingerprint density at radius 3 is 2.43 bits per heavy atom. The predicted molar refractivity (Wildman–Crippen MR) is 135 cm³/mol. The number of aliphatic imine (C=N–C) groups is 1. The Hall–Kier alpha value is -2.04. The van der Waals surface area contributed by atoms with E-state index >= 15 is 0 Å². The van der Waals surface area contributed by atoms with Crippen LogP contribution in [0, 0.1) is 0 Å². The number of aliphatic hydroxyl groups is 1. The van der Waals surface area contributed by atoms with Crippen molar-refractivity contribution in [2.75, 3.05) is 27.2 Å². The van der Waals surface area contributed by atoms with Gasteiger partial charge in [-0.3, -0.25) is 4.99 Å². The fourth-order valence-electron chi connectivity index (χ4n) is 2.90. The largest absolute Gasteiger partial charge is 0.493 e. The van der Waals surface area contributed by atoms with E-state index in [9.17, 15) is 5.11 Å². The standard InChI is InChI=1S/C22H27N3O3S.HI/c1-15(28-19-10-6-5-9-18(19)27-3)13-24-22(23-2)25-14-17(26)21-12-16-8-4-7-11-20(16)29-21;/h4-12,15,17,26H,13-14H2,1-3H3,(H2,23,24,25);1H. The second-order valence-corrected chi connectivity index (χ2v) is 7.73. The van der Waals surface area contributed by atoms with Crippen molar-refractivity contribution in [1.29, 1.82) is 0 Å². The second-order valence-electron chi connectivity index (χ2n) is 6.62. The summed E-state index contributed by atoms with van der Waals surface area (Å²) in [6.45, 7) is 2.89. The minimum atomic E-state index is -0.604. The maximum absolute atomic E-state index is 10.5. The summed E-state index contributed by atoms with van der Waals surface area (Å²) in [5.41, 5.74) is 0. The van der Waals surface area contributed by atoms with Crippen LogP contribution in [-0.2, 0) is 0 Å². The van der Waals surface area contributed by atoms with E-state index in [1.807, 2.05) is 49.4 Å². The van der Waals surface area contributed by atoms with E-state index in [0.717, 1.165) is 10.3 Å². The fraction of sp³-hybridized carbons (Fsp3) is 0.318. The van der Waals surface area contributed by atoms with Gasteiger partial charge in [-0.2, -0.15) is 0 Å². The molecule has 1 aromatic heterocycles. The molecule has 2 unspecified atom stereocenters. The fourth-order valence-corrected chi connectivity index (χ4v) is 3.95. The second kappa shape index (κ2) is 12.0. The van der Waals surface area contributed by atoms with Crippen molar-refractivity contribution in [1.82, 2.24) is 10.6 Å². The summed E-state index contributed by atoms with van der Waals surface area (Å²) in [4.78, 5) is 5.15. The van der Waals surface area contributed by atoms with Gasteiger partial charge >= 0.3 is 0 Å². The molecule has 0 fully saturated rings. The Kier molecular flexibility index (Phi) is 9.67. The summed E-state index contributed by atoms with van der Waals surface area (Å²) in [6, 6.07) is 17.7. The zero-order valence-electron chi connectivity index (χ0n) is 17.3. The van der Waals surface area contributed by atoms with Crippen LogP contribution in [0.25, 0.3) is 10.1 Å². The summed E-state index contributed by atoms with van der Waals surface area (Å²) in [5, 5.41) is 18.1. The number of halogens is 1. The topological polar surface area (TPSA) is 75.1 Å². The molecule has 0 bridgehead atoms. The number of guanidine groups is 1. The number of nitrogens with zero attached hydrogens (tertiary/aromatic N) is 1. The number of nitrogens with one attached hydrogen (secondary N) is 2. The number of thiophene rings is 1. The molecule has 0 amide bonds. The lowest BCUT2D eigenvalue weighted by molar-refractivity contribution is 0.184. The third kappa shape index (κ3) is 6.48. The summed E-state index contributed by atoms with van der Waals surface area (Å²) in [7, 11) is 3.33. The molecule has 8 heteroatoms. The van der Waals surface area contributed by atoms with E-state index in [1.54, 1.807) is 25.5 Å². The number of hydrogen-bond donors (Lipinski definition) is 3. The van der Waals surface area contributed by atoms with Gasteiger partial charge in [0, 0.05) is 23.2 Å². The van der Waals surface area contributed by atoms with Gasteiger partial charge in [0.2, 0.25) is 0 Å². The Morgan fingerprint density at radius 2 is 1.73 bits per heavy atom. The molecular weight excluding hydrogens is 513 g/mol. The minimum Gasteiger partial charge on any atom is -0.493 e. The normalized spacial score (nSPS) is 13.3. The van der Waals surface area contributed by atoms with Gasteiger partial charge in [-0.05, 0) is 36.6 Å². The lowest BCUT2D eigenvalue weighted by Gasteiger charge is -2.19. The number of rotatable bonds is 8. The lowest BCUT2D eigenvalue weighted by Crippen LogP contribution is -2.43. The van der Waals surface area contributed by atoms with Crippen LogP contribution in [-0.4, -0.2) is 44.4 Å². The molecule has 2 atom stereocenters. The number of aliphatic hydroxyl groups excluding tert-OH is 1. The van der Waals surface area contributed by atoms with Crippen molar-refractivity contribution in [3.8, 4) is 11.5 Å². The smallest absolute Gasteiger partial charge is 0.191 e.